The topological polar surface area (TPSA) is 81.0 Å². The molecule has 0 unspecified atom stereocenters. The Labute approximate surface area is 58.5 Å². The van der Waals surface area contributed by atoms with Crippen molar-refractivity contribution in [2.45, 2.75) is 6.42 Å². The van der Waals surface area contributed by atoms with Crippen LogP contribution in [0.15, 0.2) is 0 Å². The van der Waals surface area contributed by atoms with Gasteiger partial charge in [-0.2, -0.15) is 0 Å². The molecule has 0 aromatic carbocycles. The van der Waals surface area contributed by atoms with Gasteiger partial charge in [0.05, 0.1) is 0 Å². The van der Waals surface area contributed by atoms with E-state index < -0.39 is 12.8 Å². The summed E-state index contributed by atoms with van der Waals surface area (Å²) in [5.41, 5.74) is 0. The van der Waals surface area contributed by atoms with Crippen molar-refractivity contribution in [2.75, 3.05) is 19.9 Å². The molecule has 60 valence electrons. The Hall–Kier alpha value is -0.810. The van der Waals surface area contributed by atoms with E-state index in [2.05, 4.69) is 0 Å². The van der Waals surface area contributed by atoms with Crippen molar-refractivity contribution in [1.82, 2.24) is 4.90 Å². The van der Waals surface area contributed by atoms with Gasteiger partial charge in [-0.25, -0.2) is 4.79 Å². The molecule has 1 amide bonds. The molecule has 0 aliphatic rings. The number of rotatable bonds is 4. The van der Waals surface area contributed by atoms with E-state index in [-0.39, 0.29) is 13.2 Å². The van der Waals surface area contributed by atoms with Gasteiger partial charge in [0.25, 0.3) is 0 Å². The standard InChI is InChI=1S/C5H11NO4/c7-3-1-2-6(4-8)5(9)10/h7-8H,1-4H2,(H,9,10). The lowest BCUT2D eigenvalue weighted by Gasteiger charge is -2.14. The normalized spacial score (nSPS) is 9.40. The third-order valence-corrected chi connectivity index (χ3v) is 1.03. The van der Waals surface area contributed by atoms with Crippen LogP contribution in [0.25, 0.3) is 0 Å². The summed E-state index contributed by atoms with van der Waals surface area (Å²) >= 11 is 0. The first kappa shape index (κ1) is 9.19. The van der Waals surface area contributed by atoms with Crippen molar-refractivity contribution in [1.29, 1.82) is 0 Å². The quantitative estimate of drug-likeness (QED) is 0.461. The van der Waals surface area contributed by atoms with Crippen LogP contribution in [-0.2, 0) is 0 Å². The third kappa shape index (κ3) is 3.26. The second kappa shape index (κ2) is 5.01. The molecule has 10 heavy (non-hydrogen) atoms. The minimum atomic E-state index is -1.17. The number of hydrogen-bond donors (Lipinski definition) is 3. The van der Waals surface area contributed by atoms with Gasteiger partial charge in [-0.15, -0.1) is 0 Å². The Morgan fingerprint density at radius 3 is 2.30 bits per heavy atom. The van der Waals surface area contributed by atoms with Gasteiger partial charge in [-0.05, 0) is 6.42 Å². The third-order valence-electron chi connectivity index (χ3n) is 1.03. The zero-order chi connectivity index (χ0) is 7.98. The highest BCUT2D eigenvalue weighted by atomic mass is 16.4. The molecule has 5 nitrogen and oxygen atoms in total. The van der Waals surface area contributed by atoms with Gasteiger partial charge in [-0.1, -0.05) is 0 Å². The average molecular weight is 149 g/mol. The molecular formula is C5H11NO4. The van der Waals surface area contributed by atoms with Gasteiger partial charge in [-0.3, -0.25) is 4.90 Å². The van der Waals surface area contributed by atoms with Gasteiger partial charge in [0.2, 0.25) is 0 Å². The second-order valence-electron chi connectivity index (χ2n) is 1.76. The number of carbonyl (C=O) groups is 1. The summed E-state index contributed by atoms with van der Waals surface area (Å²) in [6, 6.07) is 0. The number of nitrogens with zero attached hydrogens (tertiary/aromatic N) is 1. The van der Waals surface area contributed by atoms with E-state index in [0.29, 0.717) is 6.42 Å². The monoisotopic (exact) mass is 149 g/mol. The van der Waals surface area contributed by atoms with Gasteiger partial charge in [0, 0.05) is 13.2 Å². The Balaban J connectivity index is 3.50. The van der Waals surface area contributed by atoms with Gasteiger partial charge < -0.3 is 15.3 Å². The highest BCUT2D eigenvalue weighted by Crippen LogP contribution is 1.89. The fourth-order valence-corrected chi connectivity index (χ4v) is 0.488. The van der Waals surface area contributed by atoms with Crippen LogP contribution in [0.5, 0.6) is 0 Å². The van der Waals surface area contributed by atoms with E-state index in [1.54, 1.807) is 0 Å². The Morgan fingerprint density at radius 1 is 1.40 bits per heavy atom. The van der Waals surface area contributed by atoms with E-state index in [4.69, 9.17) is 15.3 Å². The molecule has 0 aromatic heterocycles. The number of carboxylic acid groups (broad SMARTS) is 1. The van der Waals surface area contributed by atoms with Crippen LogP contribution < -0.4 is 0 Å². The van der Waals surface area contributed by atoms with Crippen molar-refractivity contribution >= 4 is 6.09 Å². The lowest BCUT2D eigenvalue weighted by molar-refractivity contribution is 0.0846. The molecule has 0 heterocycles. The highest BCUT2D eigenvalue weighted by Gasteiger charge is 2.07. The predicted octanol–water partition coefficient (Wildman–Crippen LogP) is -0.701. The first-order valence-electron chi connectivity index (χ1n) is 2.92. The molecule has 0 aliphatic heterocycles. The first-order chi connectivity index (χ1) is 4.72. The van der Waals surface area contributed by atoms with Crippen molar-refractivity contribution in [3.05, 3.63) is 0 Å². The van der Waals surface area contributed by atoms with Gasteiger partial charge >= 0.3 is 6.09 Å². The molecule has 0 aromatic rings. The minimum Gasteiger partial charge on any atom is -0.465 e. The maximum atomic E-state index is 10.1. The van der Waals surface area contributed by atoms with E-state index in [1.165, 1.54) is 0 Å². The van der Waals surface area contributed by atoms with Crippen LogP contribution in [-0.4, -0.2) is 46.2 Å². The maximum absolute atomic E-state index is 10.1. The van der Waals surface area contributed by atoms with Crippen LogP contribution in [0.3, 0.4) is 0 Å². The van der Waals surface area contributed by atoms with Crippen molar-refractivity contribution < 1.29 is 20.1 Å². The summed E-state index contributed by atoms with van der Waals surface area (Å²) in [6.07, 6.45) is -0.816. The van der Waals surface area contributed by atoms with Crippen molar-refractivity contribution in [3.8, 4) is 0 Å². The van der Waals surface area contributed by atoms with Crippen LogP contribution >= 0.6 is 0 Å². The molecule has 0 atom stereocenters. The van der Waals surface area contributed by atoms with Crippen LogP contribution in [0.2, 0.25) is 0 Å². The molecule has 0 rings (SSSR count). The predicted molar refractivity (Wildman–Crippen MR) is 33.5 cm³/mol. The first-order valence-corrected chi connectivity index (χ1v) is 2.92. The second-order valence-corrected chi connectivity index (χ2v) is 1.76. The number of hydrogen-bond acceptors (Lipinski definition) is 3. The zero-order valence-electron chi connectivity index (χ0n) is 5.53. The Kier molecular flexibility index (Phi) is 4.61. The van der Waals surface area contributed by atoms with Crippen molar-refractivity contribution in [3.63, 3.8) is 0 Å². The maximum Gasteiger partial charge on any atom is 0.409 e. The van der Waals surface area contributed by atoms with Gasteiger partial charge in [0.15, 0.2) is 0 Å². The highest BCUT2D eigenvalue weighted by molar-refractivity contribution is 5.64. The molecule has 0 bridgehead atoms. The lowest BCUT2D eigenvalue weighted by atomic mass is 10.4. The van der Waals surface area contributed by atoms with Crippen LogP contribution in [0.4, 0.5) is 4.79 Å². The number of aliphatic hydroxyl groups is 2. The minimum absolute atomic E-state index is 0.0657. The molecule has 0 aliphatic carbocycles. The van der Waals surface area contributed by atoms with E-state index in [1.807, 2.05) is 0 Å². The fraction of sp³-hybridized carbons (Fsp3) is 0.800. The molecule has 0 spiro atoms. The molecule has 0 radical (unpaired) electrons. The summed E-state index contributed by atoms with van der Waals surface area (Å²) in [4.78, 5) is 10.9. The molecule has 3 N–H and O–H groups in total. The smallest absolute Gasteiger partial charge is 0.409 e. The SMILES string of the molecule is O=C(O)N(CO)CCCO. The van der Waals surface area contributed by atoms with E-state index in [9.17, 15) is 4.79 Å². The summed E-state index contributed by atoms with van der Waals surface area (Å²) in [5, 5.41) is 25.0. The summed E-state index contributed by atoms with van der Waals surface area (Å²) < 4.78 is 0. The number of aliphatic hydroxyl groups excluding tert-OH is 2. The average Bonchev–Trinajstić information content (AvgIpc) is 1.89. The zero-order valence-corrected chi connectivity index (χ0v) is 5.53. The van der Waals surface area contributed by atoms with E-state index in [0.717, 1.165) is 4.90 Å². The lowest BCUT2D eigenvalue weighted by Crippen LogP contribution is -2.31. The number of amides is 1. The summed E-state index contributed by atoms with van der Waals surface area (Å²) in [7, 11) is 0. The van der Waals surface area contributed by atoms with Crippen LogP contribution in [0.1, 0.15) is 6.42 Å². The van der Waals surface area contributed by atoms with Gasteiger partial charge in [0.1, 0.15) is 6.73 Å². The molecule has 5 heteroatoms. The molecule has 0 saturated carbocycles. The van der Waals surface area contributed by atoms with Crippen LogP contribution in [0, 0.1) is 0 Å². The Morgan fingerprint density at radius 2 is 2.00 bits per heavy atom. The molecule has 0 saturated heterocycles. The summed E-state index contributed by atoms with van der Waals surface area (Å²) in [5.74, 6) is 0. The largest absolute Gasteiger partial charge is 0.465 e. The molecular weight excluding hydrogens is 138 g/mol. The fourth-order valence-electron chi connectivity index (χ4n) is 0.488. The van der Waals surface area contributed by atoms with E-state index >= 15 is 0 Å². The Bertz CT molecular complexity index is 106. The molecule has 0 fully saturated rings. The summed E-state index contributed by atoms with van der Waals surface area (Å²) in [6.45, 7) is -0.415. The van der Waals surface area contributed by atoms with Crippen molar-refractivity contribution in [2.24, 2.45) is 0 Å².